The van der Waals surface area contributed by atoms with Gasteiger partial charge in [-0.3, -0.25) is 10.1 Å². The van der Waals surface area contributed by atoms with Crippen molar-refractivity contribution in [2.24, 2.45) is 5.92 Å². The molecule has 0 aliphatic carbocycles. The molecule has 1 fully saturated rings. The largest absolute Gasteiger partial charge is 0.285 e. The highest BCUT2D eigenvalue weighted by atomic mass is 32.2. The molecule has 3 heterocycles. The Kier molecular flexibility index (Phi) is 3.73. The Bertz CT molecular complexity index is 714. The molecular weight excluding hydrogens is 290 g/mol. The third-order valence-corrected chi connectivity index (χ3v) is 4.96. The molecule has 8 heteroatoms. The Morgan fingerprint density at radius 2 is 2.24 bits per heavy atom. The molecular formula is C13H17N5O2S. The summed E-state index contributed by atoms with van der Waals surface area (Å²) in [4.78, 5) is 8.79. The van der Waals surface area contributed by atoms with Gasteiger partial charge in [0.05, 0.1) is 30.0 Å². The van der Waals surface area contributed by atoms with Gasteiger partial charge in [-0.1, -0.05) is 0 Å². The summed E-state index contributed by atoms with van der Waals surface area (Å²) in [7, 11) is -3.09. The number of hydrogen-bond donors (Lipinski definition) is 1. The van der Waals surface area contributed by atoms with E-state index in [1.807, 2.05) is 0 Å². The van der Waals surface area contributed by atoms with Crippen LogP contribution in [0.15, 0.2) is 24.8 Å². The molecule has 112 valence electrons. The highest BCUT2D eigenvalue weighted by molar-refractivity contribution is 7.88. The third kappa shape index (κ3) is 3.27. The molecule has 21 heavy (non-hydrogen) atoms. The SMILES string of the molecule is CS(=O)(=O)N1CCC(Cc2cncc(-c3cn[nH]c3)n2)C1. The molecule has 3 rings (SSSR count). The van der Waals surface area contributed by atoms with Crippen molar-refractivity contribution in [3.63, 3.8) is 0 Å². The van der Waals surface area contributed by atoms with Gasteiger partial charge in [-0.2, -0.15) is 5.10 Å². The normalized spacial score (nSPS) is 20.0. The quantitative estimate of drug-likeness (QED) is 0.897. The van der Waals surface area contributed by atoms with Crippen LogP contribution in [0.2, 0.25) is 0 Å². The molecule has 0 aromatic carbocycles. The van der Waals surface area contributed by atoms with Crippen molar-refractivity contribution in [2.75, 3.05) is 19.3 Å². The Morgan fingerprint density at radius 1 is 1.38 bits per heavy atom. The van der Waals surface area contributed by atoms with Gasteiger partial charge in [0.15, 0.2) is 0 Å². The fraction of sp³-hybridized carbons (Fsp3) is 0.462. The predicted molar refractivity (Wildman–Crippen MR) is 77.8 cm³/mol. The molecule has 7 nitrogen and oxygen atoms in total. The van der Waals surface area contributed by atoms with Gasteiger partial charge in [-0.15, -0.1) is 0 Å². The van der Waals surface area contributed by atoms with E-state index in [0.29, 0.717) is 19.0 Å². The second-order valence-electron chi connectivity index (χ2n) is 5.36. The van der Waals surface area contributed by atoms with E-state index in [1.54, 1.807) is 24.8 Å². The average Bonchev–Trinajstić information content (AvgIpc) is 3.09. The minimum absolute atomic E-state index is 0.300. The van der Waals surface area contributed by atoms with Crippen molar-refractivity contribution >= 4 is 10.0 Å². The van der Waals surface area contributed by atoms with Crippen LogP contribution in [0.4, 0.5) is 0 Å². The van der Waals surface area contributed by atoms with Crippen molar-refractivity contribution < 1.29 is 8.42 Å². The first-order valence-electron chi connectivity index (χ1n) is 6.77. The maximum Gasteiger partial charge on any atom is 0.211 e. The third-order valence-electron chi connectivity index (χ3n) is 3.69. The van der Waals surface area contributed by atoms with E-state index >= 15 is 0 Å². The number of nitrogens with one attached hydrogen (secondary N) is 1. The molecule has 0 spiro atoms. The van der Waals surface area contributed by atoms with Gasteiger partial charge < -0.3 is 0 Å². The van der Waals surface area contributed by atoms with Gasteiger partial charge in [0.2, 0.25) is 10.0 Å². The summed E-state index contributed by atoms with van der Waals surface area (Å²) in [5.41, 5.74) is 2.56. The number of aromatic amines is 1. The van der Waals surface area contributed by atoms with Crippen LogP contribution in [-0.4, -0.2) is 52.2 Å². The van der Waals surface area contributed by atoms with Crippen molar-refractivity contribution in [3.8, 4) is 11.3 Å². The first kappa shape index (κ1) is 14.2. The van der Waals surface area contributed by atoms with Crippen LogP contribution < -0.4 is 0 Å². The minimum atomic E-state index is -3.09. The number of aromatic nitrogens is 4. The molecule has 0 amide bonds. The summed E-state index contributed by atoms with van der Waals surface area (Å²) in [5.74, 6) is 0.300. The van der Waals surface area contributed by atoms with Crippen LogP contribution in [0.5, 0.6) is 0 Å². The number of hydrogen-bond acceptors (Lipinski definition) is 5. The lowest BCUT2D eigenvalue weighted by atomic mass is 10.0. The zero-order valence-electron chi connectivity index (χ0n) is 11.7. The Morgan fingerprint density at radius 3 is 2.90 bits per heavy atom. The van der Waals surface area contributed by atoms with Crippen LogP contribution in [0, 0.1) is 5.92 Å². The number of nitrogens with zero attached hydrogens (tertiary/aromatic N) is 4. The Labute approximate surface area is 123 Å². The lowest BCUT2D eigenvalue weighted by Crippen LogP contribution is -2.27. The second-order valence-corrected chi connectivity index (χ2v) is 7.34. The first-order valence-corrected chi connectivity index (χ1v) is 8.62. The summed E-state index contributed by atoms with van der Waals surface area (Å²) in [5, 5.41) is 6.65. The lowest BCUT2D eigenvalue weighted by molar-refractivity contribution is 0.459. The maximum atomic E-state index is 11.5. The highest BCUT2D eigenvalue weighted by Crippen LogP contribution is 2.22. The van der Waals surface area contributed by atoms with Crippen molar-refractivity contribution in [1.82, 2.24) is 24.5 Å². The molecule has 1 atom stereocenters. The molecule has 0 bridgehead atoms. The molecule has 2 aromatic rings. The molecule has 1 aliphatic rings. The molecule has 2 aromatic heterocycles. The van der Waals surface area contributed by atoms with Gasteiger partial charge in [0.1, 0.15) is 0 Å². The van der Waals surface area contributed by atoms with Crippen molar-refractivity contribution in [2.45, 2.75) is 12.8 Å². The second kappa shape index (κ2) is 5.53. The van der Waals surface area contributed by atoms with E-state index in [0.717, 1.165) is 29.8 Å². The fourth-order valence-corrected chi connectivity index (χ4v) is 3.51. The van der Waals surface area contributed by atoms with E-state index in [4.69, 9.17) is 0 Å². The monoisotopic (exact) mass is 307 g/mol. The van der Waals surface area contributed by atoms with Crippen LogP contribution in [0.25, 0.3) is 11.3 Å². The summed E-state index contributed by atoms with van der Waals surface area (Å²) >= 11 is 0. The van der Waals surface area contributed by atoms with Gasteiger partial charge >= 0.3 is 0 Å². The zero-order chi connectivity index (χ0) is 14.9. The standard InChI is InChI=1S/C13H17N5O2S/c1-21(19,20)18-3-2-10(9-18)4-12-7-14-8-13(17-12)11-5-15-16-6-11/h5-8,10H,2-4,9H2,1H3,(H,15,16). The van der Waals surface area contributed by atoms with E-state index in [9.17, 15) is 8.42 Å². The van der Waals surface area contributed by atoms with Crippen LogP contribution in [0.3, 0.4) is 0 Å². The van der Waals surface area contributed by atoms with Gasteiger partial charge in [0, 0.05) is 31.0 Å². The molecule has 1 aliphatic heterocycles. The lowest BCUT2D eigenvalue weighted by Gasteiger charge is -2.13. The van der Waals surface area contributed by atoms with E-state index in [-0.39, 0.29) is 0 Å². The Balaban J connectivity index is 1.71. The van der Waals surface area contributed by atoms with E-state index < -0.39 is 10.0 Å². The number of H-pyrrole nitrogens is 1. The minimum Gasteiger partial charge on any atom is -0.285 e. The van der Waals surface area contributed by atoms with Gasteiger partial charge in [0.25, 0.3) is 0 Å². The van der Waals surface area contributed by atoms with E-state index in [2.05, 4.69) is 20.2 Å². The Hall–Kier alpha value is -1.80. The van der Waals surface area contributed by atoms with Crippen LogP contribution in [-0.2, 0) is 16.4 Å². The number of rotatable bonds is 4. The molecule has 1 N–H and O–H groups in total. The number of sulfonamides is 1. The molecule has 0 saturated carbocycles. The smallest absolute Gasteiger partial charge is 0.211 e. The zero-order valence-corrected chi connectivity index (χ0v) is 12.5. The summed E-state index contributed by atoms with van der Waals surface area (Å²) < 4.78 is 24.6. The average molecular weight is 307 g/mol. The maximum absolute atomic E-state index is 11.5. The van der Waals surface area contributed by atoms with Crippen LogP contribution in [0.1, 0.15) is 12.1 Å². The highest BCUT2D eigenvalue weighted by Gasteiger charge is 2.28. The first-order chi connectivity index (χ1) is 10.0. The molecule has 0 radical (unpaired) electrons. The van der Waals surface area contributed by atoms with Crippen LogP contribution >= 0.6 is 0 Å². The van der Waals surface area contributed by atoms with E-state index in [1.165, 1.54) is 10.6 Å². The van der Waals surface area contributed by atoms with Gasteiger partial charge in [-0.25, -0.2) is 17.7 Å². The summed E-state index contributed by atoms with van der Waals surface area (Å²) in [6.45, 7) is 1.16. The topological polar surface area (TPSA) is 91.8 Å². The van der Waals surface area contributed by atoms with Crippen molar-refractivity contribution in [3.05, 3.63) is 30.5 Å². The summed E-state index contributed by atoms with van der Waals surface area (Å²) in [6, 6.07) is 0. The predicted octanol–water partition coefficient (Wildman–Crippen LogP) is 0.691. The van der Waals surface area contributed by atoms with Gasteiger partial charge in [-0.05, 0) is 18.8 Å². The summed E-state index contributed by atoms with van der Waals surface area (Å²) in [6.07, 6.45) is 9.78. The molecule has 1 saturated heterocycles. The molecule has 1 unspecified atom stereocenters. The fourth-order valence-electron chi connectivity index (χ4n) is 2.60. The van der Waals surface area contributed by atoms with Crippen molar-refractivity contribution in [1.29, 1.82) is 0 Å².